The van der Waals surface area contributed by atoms with E-state index in [-0.39, 0.29) is 35.6 Å². The zero-order chi connectivity index (χ0) is 31.6. The van der Waals surface area contributed by atoms with Crippen LogP contribution in [0, 0.1) is 40.4 Å². The van der Waals surface area contributed by atoms with Crippen LogP contribution < -0.4 is 10.6 Å². The molecule has 0 spiro atoms. The maximum absolute atomic E-state index is 13.7. The minimum atomic E-state index is -0.287. The second kappa shape index (κ2) is 15.7. The molecule has 45 heavy (non-hydrogen) atoms. The second-order valence-corrected chi connectivity index (χ2v) is 13.0. The van der Waals surface area contributed by atoms with Crippen LogP contribution in [0.1, 0.15) is 75.1 Å². The van der Waals surface area contributed by atoms with Gasteiger partial charge in [-0.3, -0.25) is 14.5 Å². The topological polar surface area (TPSA) is 127 Å². The van der Waals surface area contributed by atoms with Gasteiger partial charge in [0.15, 0.2) is 0 Å². The maximum Gasteiger partial charge on any atom is 0.224 e. The molecule has 1 aliphatic heterocycles. The largest absolute Gasteiger partial charge is 0.355 e. The van der Waals surface area contributed by atoms with Crippen molar-refractivity contribution in [3.8, 4) is 12.1 Å². The van der Waals surface area contributed by atoms with E-state index in [0.29, 0.717) is 38.0 Å². The molecule has 2 heterocycles. The normalized spacial score (nSPS) is 22.7. The molecule has 2 aromatic rings. The van der Waals surface area contributed by atoms with Gasteiger partial charge in [-0.15, -0.1) is 0 Å². The summed E-state index contributed by atoms with van der Waals surface area (Å²) in [6.07, 6.45) is 16.0. The number of nitriles is 2. The van der Waals surface area contributed by atoms with Crippen molar-refractivity contribution in [3.63, 3.8) is 0 Å². The summed E-state index contributed by atoms with van der Waals surface area (Å²) >= 11 is 0. The number of hydrogen-bond donors (Lipinski definition) is 2. The van der Waals surface area contributed by atoms with Crippen molar-refractivity contribution < 1.29 is 9.59 Å². The first kappa shape index (κ1) is 32.2. The summed E-state index contributed by atoms with van der Waals surface area (Å²) in [6.45, 7) is 5.33. The minimum Gasteiger partial charge on any atom is -0.355 e. The molecule has 5 rings (SSSR count). The number of benzene rings is 1. The molecular weight excluding hydrogens is 562 g/mol. The Kier molecular flexibility index (Phi) is 11.2. The number of nitrogens with one attached hydrogen (secondary N) is 2. The van der Waals surface area contributed by atoms with Crippen molar-refractivity contribution in [2.75, 3.05) is 26.2 Å². The number of rotatable bonds is 10. The highest BCUT2D eigenvalue weighted by molar-refractivity contribution is 5.82. The maximum atomic E-state index is 13.7. The number of imidazole rings is 1. The second-order valence-electron chi connectivity index (χ2n) is 13.0. The van der Waals surface area contributed by atoms with Crippen LogP contribution in [0.5, 0.6) is 0 Å². The number of hydrogen-bond acceptors (Lipinski definition) is 6. The molecule has 1 saturated heterocycles. The van der Waals surface area contributed by atoms with Gasteiger partial charge >= 0.3 is 0 Å². The van der Waals surface area contributed by atoms with E-state index in [1.54, 1.807) is 6.33 Å². The zero-order valence-electron chi connectivity index (χ0n) is 26.4. The SMILES string of the molecule is CC1CC(CN2CCC(C(=O)NC3CCCCC3)C[C@@H](C(=O)NCCc3cncn3Cc3ccc(C#N)cc3)C2)=CC=C1C#N. The van der Waals surface area contributed by atoms with E-state index in [0.717, 1.165) is 68.4 Å². The van der Waals surface area contributed by atoms with E-state index in [1.165, 1.54) is 12.0 Å². The van der Waals surface area contributed by atoms with E-state index in [9.17, 15) is 14.9 Å². The Balaban J connectivity index is 1.21. The average Bonchev–Trinajstić information content (AvgIpc) is 3.37. The molecule has 3 aliphatic rings. The Morgan fingerprint density at radius 2 is 1.78 bits per heavy atom. The van der Waals surface area contributed by atoms with Crippen molar-refractivity contribution in [1.29, 1.82) is 10.5 Å². The van der Waals surface area contributed by atoms with Crippen LogP contribution in [0.25, 0.3) is 0 Å². The minimum absolute atomic E-state index is 0.00632. The number of carbonyl (C=O) groups excluding carboxylic acids is 2. The predicted octanol–water partition coefficient (Wildman–Crippen LogP) is 4.66. The highest BCUT2D eigenvalue weighted by atomic mass is 16.2. The van der Waals surface area contributed by atoms with Crippen molar-refractivity contribution >= 4 is 11.8 Å². The molecule has 1 aromatic heterocycles. The van der Waals surface area contributed by atoms with Crippen molar-refractivity contribution in [2.24, 2.45) is 17.8 Å². The molecular formula is C36H45N7O2. The molecule has 9 nitrogen and oxygen atoms in total. The summed E-state index contributed by atoms with van der Waals surface area (Å²) in [4.78, 5) is 33.8. The van der Waals surface area contributed by atoms with Gasteiger partial charge in [0.05, 0.1) is 29.9 Å². The quantitative estimate of drug-likeness (QED) is 0.405. The molecule has 2 aliphatic carbocycles. The Labute approximate surface area is 267 Å². The third-order valence-corrected chi connectivity index (χ3v) is 9.60. The number of amides is 2. The molecule has 1 saturated carbocycles. The first-order chi connectivity index (χ1) is 21.9. The molecule has 0 bridgehead atoms. The predicted molar refractivity (Wildman–Crippen MR) is 172 cm³/mol. The fraction of sp³-hybridized carbons (Fsp3) is 0.528. The first-order valence-corrected chi connectivity index (χ1v) is 16.5. The van der Waals surface area contributed by atoms with E-state index in [4.69, 9.17) is 5.26 Å². The number of likely N-dealkylation sites (tertiary alicyclic amines) is 1. The van der Waals surface area contributed by atoms with Gasteiger partial charge in [0.1, 0.15) is 0 Å². The van der Waals surface area contributed by atoms with E-state index < -0.39 is 0 Å². The van der Waals surface area contributed by atoms with Gasteiger partial charge in [-0.05, 0) is 68.3 Å². The number of carbonyl (C=O) groups is 2. The molecule has 2 amide bonds. The molecule has 0 radical (unpaired) electrons. The molecule has 2 fully saturated rings. The van der Waals surface area contributed by atoms with Crippen molar-refractivity contribution in [3.05, 3.63) is 76.9 Å². The average molecular weight is 608 g/mol. The summed E-state index contributed by atoms with van der Waals surface area (Å²) in [5, 5.41) is 24.9. The smallest absolute Gasteiger partial charge is 0.224 e. The van der Waals surface area contributed by atoms with Crippen molar-refractivity contribution in [1.82, 2.24) is 25.1 Å². The van der Waals surface area contributed by atoms with Gasteiger partial charge in [-0.1, -0.05) is 50.0 Å². The molecule has 2 N–H and O–H groups in total. The van der Waals surface area contributed by atoms with Crippen molar-refractivity contribution in [2.45, 2.75) is 77.3 Å². The first-order valence-electron chi connectivity index (χ1n) is 16.5. The Morgan fingerprint density at radius 1 is 0.978 bits per heavy atom. The van der Waals surface area contributed by atoms with Gasteiger partial charge in [-0.25, -0.2) is 4.98 Å². The van der Waals surface area contributed by atoms with Crippen LogP contribution in [-0.2, 0) is 22.6 Å². The fourth-order valence-corrected chi connectivity index (χ4v) is 6.95. The monoisotopic (exact) mass is 607 g/mol. The van der Waals surface area contributed by atoms with Gasteiger partial charge in [-0.2, -0.15) is 10.5 Å². The highest BCUT2D eigenvalue weighted by Gasteiger charge is 2.33. The van der Waals surface area contributed by atoms with Gasteiger partial charge in [0, 0.05) is 62.0 Å². The third kappa shape index (κ3) is 8.93. The Bertz CT molecular complexity index is 1470. The number of nitrogens with zero attached hydrogens (tertiary/aromatic N) is 5. The standard InChI is InChI=1S/C36H45N7O2/c1-26-17-29(11-12-31(26)20-38)22-42-16-14-30(36(45)41-33-5-3-2-4-6-33)18-32(24-42)35(44)40-15-13-34-21-39-25-43(34)23-28-9-7-27(19-37)8-10-28/h7-12,21,25-26,30,32-33H,2-6,13-18,22-24H2,1H3,(H,40,44)(H,41,45)/t26?,30?,32-/m1/s1. The van der Waals surface area contributed by atoms with Crippen LogP contribution in [0.2, 0.25) is 0 Å². The lowest BCUT2D eigenvalue weighted by atomic mass is 9.89. The summed E-state index contributed by atoms with van der Waals surface area (Å²) in [5.41, 5.74) is 4.81. The summed E-state index contributed by atoms with van der Waals surface area (Å²) in [6, 6.07) is 12.2. The van der Waals surface area contributed by atoms with Crippen LogP contribution in [0.4, 0.5) is 0 Å². The summed E-state index contributed by atoms with van der Waals surface area (Å²) in [5.74, 6) is -0.190. The third-order valence-electron chi connectivity index (χ3n) is 9.60. The fourth-order valence-electron chi connectivity index (χ4n) is 6.95. The van der Waals surface area contributed by atoms with Crippen LogP contribution in [0.15, 0.2) is 60.1 Å². The number of allylic oxidation sites excluding steroid dienone is 3. The molecule has 9 heteroatoms. The number of aromatic nitrogens is 2. The van der Waals surface area contributed by atoms with Crippen LogP contribution >= 0.6 is 0 Å². The Morgan fingerprint density at radius 3 is 2.51 bits per heavy atom. The Hall–Kier alpha value is -4.21. The van der Waals surface area contributed by atoms with E-state index in [1.807, 2.05) is 36.5 Å². The lowest BCUT2D eigenvalue weighted by Crippen LogP contribution is -2.42. The van der Waals surface area contributed by atoms with Crippen LogP contribution in [-0.4, -0.2) is 58.5 Å². The molecule has 2 unspecified atom stereocenters. The van der Waals surface area contributed by atoms with Gasteiger partial charge in [0.25, 0.3) is 0 Å². The molecule has 3 atom stereocenters. The summed E-state index contributed by atoms with van der Waals surface area (Å²) in [7, 11) is 0. The van der Waals surface area contributed by atoms with Gasteiger partial charge in [0.2, 0.25) is 11.8 Å². The highest BCUT2D eigenvalue weighted by Crippen LogP contribution is 2.28. The van der Waals surface area contributed by atoms with E-state index >= 15 is 0 Å². The van der Waals surface area contributed by atoms with Crippen LogP contribution in [0.3, 0.4) is 0 Å². The lowest BCUT2D eigenvalue weighted by Gasteiger charge is -2.27. The molecule has 1 aromatic carbocycles. The summed E-state index contributed by atoms with van der Waals surface area (Å²) < 4.78 is 2.07. The molecule has 236 valence electrons. The zero-order valence-corrected chi connectivity index (χ0v) is 26.4. The van der Waals surface area contributed by atoms with E-state index in [2.05, 4.69) is 50.2 Å². The van der Waals surface area contributed by atoms with Gasteiger partial charge < -0.3 is 15.2 Å². The lowest BCUT2D eigenvalue weighted by molar-refractivity contribution is -0.128.